The Morgan fingerprint density at radius 3 is 2.68 bits per heavy atom. The van der Waals surface area contributed by atoms with Crippen molar-refractivity contribution in [2.75, 3.05) is 13.7 Å². The molecule has 1 aliphatic heterocycles. The molecule has 1 aromatic heterocycles. The molecule has 0 spiro atoms. The van der Waals surface area contributed by atoms with Gasteiger partial charge in [0.15, 0.2) is 0 Å². The van der Waals surface area contributed by atoms with E-state index in [9.17, 15) is 0 Å². The van der Waals surface area contributed by atoms with Crippen LogP contribution in [0.2, 0.25) is 0 Å². The number of likely N-dealkylation sites (N-methyl/N-ethyl adjacent to an activating group) is 1. The molecule has 0 saturated heterocycles. The van der Waals surface area contributed by atoms with Crippen LogP contribution in [-0.4, -0.2) is 29.2 Å². The smallest absolute Gasteiger partial charge is 0.119 e. The highest BCUT2D eigenvalue weighted by Crippen LogP contribution is 2.34. The maximum Gasteiger partial charge on any atom is 0.119 e. The molecule has 130 valence electrons. The van der Waals surface area contributed by atoms with Crippen molar-refractivity contribution in [2.24, 2.45) is 0 Å². The maximum atomic E-state index is 5.98. The van der Waals surface area contributed by atoms with Crippen LogP contribution in [0.4, 0.5) is 0 Å². The Bertz CT molecular complexity index is 882. The molecule has 3 aromatic rings. The number of hydrogen-bond acceptors (Lipinski definition) is 2. The molecule has 0 aliphatic carbocycles. The largest absolute Gasteiger partial charge is 0.492 e. The van der Waals surface area contributed by atoms with Gasteiger partial charge in [-0.2, -0.15) is 0 Å². The summed E-state index contributed by atoms with van der Waals surface area (Å²) in [5, 5.41) is 1.41. The molecule has 4 rings (SSSR count). The van der Waals surface area contributed by atoms with Crippen LogP contribution in [0.15, 0.2) is 48.5 Å². The van der Waals surface area contributed by atoms with E-state index in [1.807, 2.05) is 30.3 Å². The quantitative estimate of drug-likeness (QED) is 0.703. The lowest BCUT2D eigenvalue weighted by Crippen LogP contribution is -2.35. The number of benzene rings is 2. The monoisotopic (exact) mass is 334 g/mol. The lowest BCUT2D eigenvalue weighted by molar-refractivity contribution is 0.225. The minimum atomic E-state index is 0.575. The van der Waals surface area contributed by atoms with Crippen molar-refractivity contribution in [1.29, 1.82) is 0 Å². The van der Waals surface area contributed by atoms with Gasteiger partial charge in [-0.1, -0.05) is 36.4 Å². The molecule has 0 amide bonds. The topological polar surface area (TPSA) is 17.4 Å². The van der Waals surface area contributed by atoms with Crippen LogP contribution in [0.3, 0.4) is 0 Å². The first kappa shape index (κ1) is 16.2. The second-order valence-electron chi connectivity index (χ2n) is 7.18. The van der Waals surface area contributed by atoms with Crippen LogP contribution < -0.4 is 4.74 Å². The molecular formula is C22H26N2O. The first-order valence-electron chi connectivity index (χ1n) is 9.13. The fraction of sp³-hybridized carbons (Fsp3) is 0.364. The highest BCUT2D eigenvalue weighted by atomic mass is 16.5. The van der Waals surface area contributed by atoms with Crippen LogP contribution >= 0.6 is 0 Å². The Hall–Kier alpha value is -2.26. The summed E-state index contributed by atoms with van der Waals surface area (Å²) in [6.07, 6.45) is 1.10. The Balaban J connectivity index is 1.69. The Kier molecular flexibility index (Phi) is 4.26. The van der Waals surface area contributed by atoms with E-state index in [2.05, 4.69) is 48.6 Å². The first-order valence-corrected chi connectivity index (χ1v) is 9.13. The van der Waals surface area contributed by atoms with Gasteiger partial charge in [0.2, 0.25) is 0 Å². The van der Waals surface area contributed by atoms with Crippen molar-refractivity contribution in [3.05, 3.63) is 65.4 Å². The molecule has 0 radical (unpaired) electrons. The van der Waals surface area contributed by atoms with Crippen molar-refractivity contribution >= 4 is 10.9 Å². The average Bonchev–Trinajstić information content (AvgIpc) is 2.91. The summed E-state index contributed by atoms with van der Waals surface area (Å²) in [4.78, 5) is 2.45. The molecule has 2 heterocycles. The minimum Gasteiger partial charge on any atom is -0.492 e. The van der Waals surface area contributed by atoms with E-state index in [-0.39, 0.29) is 0 Å². The number of rotatable bonds is 4. The second-order valence-corrected chi connectivity index (χ2v) is 7.18. The summed E-state index contributed by atoms with van der Waals surface area (Å²) >= 11 is 0. The summed E-state index contributed by atoms with van der Waals surface area (Å²) in [6, 6.07) is 17.3. The van der Waals surface area contributed by atoms with Crippen molar-refractivity contribution in [3.63, 3.8) is 0 Å². The summed E-state index contributed by atoms with van der Waals surface area (Å²) in [5.74, 6) is 0.942. The van der Waals surface area contributed by atoms with Gasteiger partial charge >= 0.3 is 0 Å². The molecular weight excluding hydrogens is 308 g/mol. The lowest BCUT2D eigenvalue weighted by atomic mass is 9.99. The summed E-state index contributed by atoms with van der Waals surface area (Å²) in [7, 11) is 2.23. The molecule has 0 fully saturated rings. The number of aryl methyl sites for hydroxylation is 1. The molecule has 3 nitrogen and oxygen atoms in total. The molecule has 3 heteroatoms. The van der Waals surface area contributed by atoms with Crippen LogP contribution in [0, 0.1) is 6.92 Å². The van der Waals surface area contributed by atoms with Gasteiger partial charge in [-0.25, -0.2) is 0 Å². The van der Waals surface area contributed by atoms with Crippen molar-refractivity contribution < 1.29 is 4.74 Å². The molecule has 0 saturated carbocycles. The van der Waals surface area contributed by atoms with E-state index in [1.54, 1.807) is 0 Å². The van der Waals surface area contributed by atoms with Crippen LogP contribution in [0.25, 0.3) is 10.9 Å². The summed E-state index contributed by atoms with van der Waals surface area (Å²) in [5.41, 5.74) is 5.72. The second kappa shape index (κ2) is 6.57. The van der Waals surface area contributed by atoms with E-state index in [4.69, 9.17) is 4.74 Å². The number of hydrogen-bond donors (Lipinski definition) is 0. The van der Waals surface area contributed by atoms with E-state index >= 15 is 0 Å². The number of ether oxygens (including phenoxy) is 1. The zero-order valence-corrected chi connectivity index (χ0v) is 15.3. The third-order valence-corrected chi connectivity index (χ3v) is 5.48. The number of nitrogens with zero attached hydrogens (tertiary/aromatic N) is 2. The lowest BCUT2D eigenvalue weighted by Gasteiger charge is -2.31. The minimum absolute atomic E-state index is 0.575. The molecule has 1 atom stereocenters. The Morgan fingerprint density at radius 2 is 1.88 bits per heavy atom. The Morgan fingerprint density at radius 1 is 1.08 bits per heavy atom. The molecule has 1 unspecified atom stereocenters. The summed E-state index contributed by atoms with van der Waals surface area (Å²) < 4.78 is 8.48. The van der Waals surface area contributed by atoms with Crippen molar-refractivity contribution in [3.8, 4) is 5.75 Å². The highest BCUT2D eigenvalue weighted by molar-refractivity contribution is 5.88. The predicted octanol–water partition coefficient (Wildman–Crippen LogP) is 4.41. The standard InChI is InChI=1S/C22H26N2O/c1-16-8-7-11-19-20-15-23(3)17(2)14-21(20)24(22(16)19)12-13-25-18-9-5-4-6-10-18/h4-11,17H,12-15H2,1-3H3. The van der Waals surface area contributed by atoms with Gasteiger partial charge < -0.3 is 9.30 Å². The van der Waals surface area contributed by atoms with Crippen molar-refractivity contribution in [1.82, 2.24) is 9.47 Å². The maximum absolute atomic E-state index is 5.98. The van der Waals surface area contributed by atoms with Crippen LogP contribution in [-0.2, 0) is 19.5 Å². The number of aromatic nitrogens is 1. The third kappa shape index (κ3) is 2.93. The first-order chi connectivity index (χ1) is 12.1. The SMILES string of the molecule is Cc1cccc2c3c(n(CCOc4ccccc4)c12)CC(C)N(C)C3. The van der Waals surface area contributed by atoms with E-state index < -0.39 is 0 Å². The molecule has 1 aliphatic rings. The van der Waals surface area contributed by atoms with Crippen LogP contribution in [0.5, 0.6) is 5.75 Å². The molecule has 25 heavy (non-hydrogen) atoms. The number of fused-ring (bicyclic) bond motifs is 3. The fourth-order valence-electron chi connectivity index (χ4n) is 3.98. The van der Waals surface area contributed by atoms with E-state index in [0.29, 0.717) is 12.6 Å². The predicted molar refractivity (Wildman–Crippen MR) is 103 cm³/mol. The zero-order valence-electron chi connectivity index (χ0n) is 15.3. The fourth-order valence-corrected chi connectivity index (χ4v) is 3.98. The van der Waals surface area contributed by atoms with E-state index in [0.717, 1.165) is 25.3 Å². The normalized spacial score (nSPS) is 17.6. The van der Waals surface area contributed by atoms with Gasteiger partial charge in [0, 0.05) is 30.1 Å². The highest BCUT2D eigenvalue weighted by Gasteiger charge is 2.26. The zero-order chi connectivity index (χ0) is 17.4. The molecule has 0 bridgehead atoms. The molecule has 0 N–H and O–H groups in total. The Labute approximate surface area is 149 Å². The average molecular weight is 334 g/mol. The number of para-hydroxylation sites is 2. The van der Waals surface area contributed by atoms with Gasteiger partial charge in [-0.15, -0.1) is 0 Å². The van der Waals surface area contributed by atoms with Crippen LogP contribution in [0.1, 0.15) is 23.7 Å². The van der Waals surface area contributed by atoms with Crippen molar-refractivity contribution in [2.45, 2.75) is 39.4 Å². The van der Waals surface area contributed by atoms with Gasteiger partial charge in [-0.3, -0.25) is 4.90 Å². The van der Waals surface area contributed by atoms with Gasteiger partial charge in [0.1, 0.15) is 12.4 Å². The van der Waals surface area contributed by atoms with E-state index in [1.165, 1.54) is 27.7 Å². The summed E-state index contributed by atoms with van der Waals surface area (Å²) in [6.45, 7) is 7.15. The van der Waals surface area contributed by atoms with Gasteiger partial charge in [0.05, 0.1) is 12.1 Å². The molecule has 2 aromatic carbocycles. The third-order valence-electron chi connectivity index (χ3n) is 5.48. The van der Waals surface area contributed by atoms with Gasteiger partial charge in [-0.05, 0) is 44.2 Å². The van der Waals surface area contributed by atoms with Gasteiger partial charge in [0.25, 0.3) is 0 Å².